The lowest BCUT2D eigenvalue weighted by atomic mass is 10.2. The van der Waals surface area contributed by atoms with Crippen LogP contribution in [0.1, 0.15) is 19.4 Å². The monoisotopic (exact) mass is 300 g/mol. The van der Waals surface area contributed by atoms with Crippen molar-refractivity contribution in [2.24, 2.45) is 5.73 Å². The average molecular weight is 301 g/mol. The van der Waals surface area contributed by atoms with Crippen LogP contribution >= 0.6 is 15.9 Å². The van der Waals surface area contributed by atoms with Gasteiger partial charge in [0.15, 0.2) is 6.10 Å². The summed E-state index contributed by atoms with van der Waals surface area (Å²) in [7, 11) is 0. The molecule has 94 valence electrons. The zero-order valence-electron chi connectivity index (χ0n) is 10.00. The van der Waals surface area contributed by atoms with Crippen molar-refractivity contribution in [1.82, 2.24) is 5.32 Å². The van der Waals surface area contributed by atoms with Crippen LogP contribution in [-0.2, 0) is 11.3 Å². The number of halogens is 1. The lowest BCUT2D eigenvalue weighted by Gasteiger charge is -2.17. The zero-order chi connectivity index (χ0) is 12.8. The molecule has 0 bridgehead atoms. The van der Waals surface area contributed by atoms with Crippen molar-refractivity contribution in [1.29, 1.82) is 0 Å². The van der Waals surface area contributed by atoms with Gasteiger partial charge in [-0.1, -0.05) is 12.1 Å². The lowest BCUT2D eigenvalue weighted by Crippen LogP contribution is -2.36. The summed E-state index contributed by atoms with van der Waals surface area (Å²) in [5.74, 6) is 0.500. The summed E-state index contributed by atoms with van der Waals surface area (Å²) in [6.07, 6.45) is -0.543. The number of likely N-dealkylation sites (N-methyl/N-ethyl adjacent to an activating group) is 1. The highest BCUT2D eigenvalue weighted by Crippen LogP contribution is 2.29. The van der Waals surface area contributed by atoms with Crippen LogP contribution in [0.2, 0.25) is 0 Å². The standard InChI is InChI=1S/C12H17BrN2O2/c1-3-15-12(16)8(2)17-11-9(7-14)5-4-6-10(11)13/h4-6,8H,3,7,14H2,1-2H3,(H,15,16). The molecule has 1 rings (SSSR count). The zero-order valence-corrected chi connectivity index (χ0v) is 11.6. The van der Waals surface area contributed by atoms with Crippen LogP contribution in [0.25, 0.3) is 0 Å². The second-order valence-corrected chi connectivity index (χ2v) is 4.44. The number of ether oxygens (including phenoxy) is 1. The quantitative estimate of drug-likeness (QED) is 0.872. The van der Waals surface area contributed by atoms with Crippen molar-refractivity contribution < 1.29 is 9.53 Å². The van der Waals surface area contributed by atoms with Gasteiger partial charge in [-0.05, 0) is 35.8 Å². The van der Waals surface area contributed by atoms with E-state index in [4.69, 9.17) is 10.5 Å². The Morgan fingerprint density at radius 2 is 2.29 bits per heavy atom. The van der Waals surface area contributed by atoms with Gasteiger partial charge >= 0.3 is 0 Å². The summed E-state index contributed by atoms with van der Waals surface area (Å²) in [6, 6.07) is 5.62. The van der Waals surface area contributed by atoms with E-state index in [-0.39, 0.29) is 5.91 Å². The van der Waals surface area contributed by atoms with Crippen LogP contribution < -0.4 is 15.8 Å². The molecule has 5 heteroatoms. The van der Waals surface area contributed by atoms with Crippen LogP contribution in [0.5, 0.6) is 5.75 Å². The highest BCUT2D eigenvalue weighted by molar-refractivity contribution is 9.10. The highest BCUT2D eigenvalue weighted by atomic mass is 79.9. The predicted molar refractivity (Wildman–Crippen MR) is 70.8 cm³/mol. The van der Waals surface area contributed by atoms with E-state index in [1.807, 2.05) is 25.1 Å². The topological polar surface area (TPSA) is 64.3 Å². The number of nitrogens with one attached hydrogen (secondary N) is 1. The smallest absolute Gasteiger partial charge is 0.260 e. The number of hydrogen-bond donors (Lipinski definition) is 2. The third-order valence-electron chi connectivity index (χ3n) is 2.28. The molecular weight excluding hydrogens is 284 g/mol. The number of hydrogen-bond acceptors (Lipinski definition) is 3. The molecule has 1 amide bonds. The minimum Gasteiger partial charge on any atom is -0.479 e. The fraction of sp³-hybridized carbons (Fsp3) is 0.417. The molecule has 1 unspecified atom stereocenters. The Bertz CT molecular complexity index is 396. The maximum absolute atomic E-state index is 11.6. The maximum atomic E-state index is 11.6. The first-order chi connectivity index (χ1) is 8.10. The SMILES string of the molecule is CCNC(=O)C(C)Oc1c(Br)cccc1CN. The number of para-hydroxylation sites is 1. The fourth-order valence-electron chi connectivity index (χ4n) is 1.39. The minimum atomic E-state index is -0.543. The van der Waals surface area contributed by atoms with Gasteiger partial charge in [0.25, 0.3) is 5.91 Å². The Morgan fingerprint density at radius 1 is 1.59 bits per heavy atom. The summed E-state index contributed by atoms with van der Waals surface area (Å²) < 4.78 is 6.44. The van der Waals surface area contributed by atoms with Gasteiger partial charge in [-0.2, -0.15) is 0 Å². The molecule has 0 fully saturated rings. The van der Waals surface area contributed by atoms with Crippen molar-refractivity contribution in [2.45, 2.75) is 26.5 Å². The van der Waals surface area contributed by atoms with Crippen LogP contribution in [0.4, 0.5) is 0 Å². The molecule has 0 aliphatic carbocycles. The molecule has 3 N–H and O–H groups in total. The van der Waals surface area contributed by atoms with Crippen molar-refractivity contribution in [2.75, 3.05) is 6.54 Å². The lowest BCUT2D eigenvalue weighted by molar-refractivity contribution is -0.127. The predicted octanol–water partition coefficient (Wildman–Crippen LogP) is 1.81. The summed E-state index contributed by atoms with van der Waals surface area (Å²) >= 11 is 3.39. The summed E-state index contributed by atoms with van der Waals surface area (Å²) in [6.45, 7) is 4.54. The number of rotatable bonds is 5. The van der Waals surface area contributed by atoms with Gasteiger partial charge in [0, 0.05) is 18.7 Å². The molecular formula is C12H17BrN2O2. The molecule has 0 saturated carbocycles. The van der Waals surface area contributed by atoms with E-state index < -0.39 is 6.10 Å². The first-order valence-electron chi connectivity index (χ1n) is 5.52. The maximum Gasteiger partial charge on any atom is 0.260 e. The Kier molecular flexibility index (Phi) is 5.44. The van der Waals surface area contributed by atoms with Gasteiger partial charge < -0.3 is 15.8 Å². The number of amides is 1. The van der Waals surface area contributed by atoms with Crippen LogP contribution in [0, 0.1) is 0 Å². The first-order valence-corrected chi connectivity index (χ1v) is 6.31. The largest absolute Gasteiger partial charge is 0.479 e. The van der Waals surface area contributed by atoms with Crippen LogP contribution in [0.15, 0.2) is 22.7 Å². The van der Waals surface area contributed by atoms with Gasteiger partial charge in [-0.15, -0.1) is 0 Å². The van der Waals surface area contributed by atoms with E-state index in [2.05, 4.69) is 21.2 Å². The van der Waals surface area contributed by atoms with Crippen molar-refractivity contribution in [3.8, 4) is 5.75 Å². The molecule has 0 spiro atoms. The van der Waals surface area contributed by atoms with E-state index in [0.717, 1.165) is 10.0 Å². The molecule has 0 aromatic heterocycles. The summed E-state index contributed by atoms with van der Waals surface area (Å²) in [4.78, 5) is 11.6. The van der Waals surface area contributed by atoms with Crippen LogP contribution in [-0.4, -0.2) is 18.6 Å². The van der Waals surface area contributed by atoms with Gasteiger partial charge in [-0.3, -0.25) is 4.79 Å². The normalized spacial score (nSPS) is 12.0. The molecule has 1 aromatic rings. The van der Waals surface area contributed by atoms with Gasteiger partial charge in [0.2, 0.25) is 0 Å². The Morgan fingerprint density at radius 3 is 2.88 bits per heavy atom. The van der Waals surface area contributed by atoms with Crippen LogP contribution in [0.3, 0.4) is 0 Å². The van der Waals surface area contributed by atoms with Gasteiger partial charge in [-0.25, -0.2) is 0 Å². The van der Waals surface area contributed by atoms with E-state index in [0.29, 0.717) is 18.8 Å². The minimum absolute atomic E-state index is 0.133. The van der Waals surface area contributed by atoms with Crippen molar-refractivity contribution in [3.05, 3.63) is 28.2 Å². The second-order valence-electron chi connectivity index (χ2n) is 3.59. The Balaban J connectivity index is 2.83. The number of nitrogens with two attached hydrogens (primary N) is 1. The summed E-state index contributed by atoms with van der Waals surface area (Å²) in [5.41, 5.74) is 6.50. The first kappa shape index (κ1) is 14.0. The molecule has 0 radical (unpaired) electrons. The molecule has 0 saturated heterocycles. The number of carbonyl (C=O) groups excluding carboxylic acids is 1. The number of carbonyl (C=O) groups is 1. The fourth-order valence-corrected chi connectivity index (χ4v) is 1.90. The second kappa shape index (κ2) is 6.61. The molecule has 0 aliphatic heterocycles. The third-order valence-corrected chi connectivity index (χ3v) is 2.91. The molecule has 17 heavy (non-hydrogen) atoms. The van der Waals surface area contributed by atoms with Gasteiger partial charge in [0.1, 0.15) is 5.75 Å². The van der Waals surface area contributed by atoms with E-state index in [1.54, 1.807) is 6.92 Å². The Labute approximate surface area is 110 Å². The molecule has 1 aromatic carbocycles. The molecule has 1 atom stereocenters. The van der Waals surface area contributed by atoms with Crippen molar-refractivity contribution >= 4 is 21.8 Å². The average Bonchev–Trinajstić information content (AvgIpc) is 2.31. The highest BCUT2D eigenvalue weighted by Gasteiger charge is 2.16. The van der Waals surface area contributed by atoms with E-state index in [9.17, 15) is 4.79 Å². The van der Waals surface area contributed by atoms with E-state index >= 15 is 0 Å². The molecule has 4 nitrogen and oxygen atoms in total. The third kappa shape index (κ3) is 3.71. The van der Waals surface area contributed by atoms with Gasteiger partial charge in [0.05, 0.1) is 4.47 Å². The molecule has 0 heterocycles. The Hall–Kier alpha value is -1.07. The van der Waals surface area contributed by atoms with E-state index in [1.165, 1.54) is 0 Å². The summed E-state index contributed by atoms with van der Waals surface area (Å²) in [5, 5.41) is 2.71. The molecule has 0 aliphatic rings. The van der Waals surface area contributed by atoms with Crippen molar-refractivity contribution in [3.63, 3.8) is 0 Å². The number of benzene rings is 1.